The van der Waals surface area contributed by atoms with E-state index in [0.29, 0.717) is 12.1 Å². The number of hydrogen-bond acceptors (Lipinski definition) is 2. The molecule has 2 unspecified atom stereocenters. The van der Waals surface area contributed by atoms with Gasteiger partial charge in [-0.1, -0.05) is 12.5 Å². The van der Waals surface area contributed by atoms with E-state index >= 15 is 0 Å². The lowest BCUT2D eigenvalue weighted by atomic mass is 10.0. The molecule has 0 amide bonds. The molecule has 2 fully saturated rings. The first-order valence-corrected chi connectivity index (χ1v) is 8.09. The van der Waals surface area contributed by atoms with E-state index in [0.717, 1.165) is 18.7 Å². The highest BCUT2D eigenvalue weighted by atomic mass is 19.2. The molecule has 2 atom stereocenters. The fourth-order valence-corrected chi connectivity index (χ4v) is 3.33. The highest BCUT2D eigenvalue weighted by Crippen LogP contribution is 2.35. The van der Waals surface area contributed by atoms with Crippen molar-refractivity contribution in [2.45, 2.75) is 57.2 Å². The molecule has 2 aliphatic rings. The van der Waals surface area contributed by atoms with E-state index in [4.69, 9.17) is 0 Å². The Morgan fingerprint density at radius 2 is 2.00 bits per heavy atom. The maximum Gasteiger partial charge on any atom is 0.159 e. The van der Waals surface area contributed by atoms with Gasteiger partial charge in [0, 0.05) is 24.7 Å². The summed E-state index contributed by atoms with van der Waals surface area (Å²) in [4.78, 5) is 2.47. The van der Waals surface area contributed by atoms with Gasteiger partial charge in [0.05, 0.1) is 0 Å². The smallest absolute Gasteiger partial charge is 0.159 e. The van der Waals surface area contributed by atoms with Crippen LogP contribution in [-0.2, 0) is 0 Å². The van der Waals surface area contributed by atoms with Crippen LogP contribution in [-0.4, -0.2) is 30.1 Å². The van der Waals surface area contributed by atoms with Crippen LogP contribution < -0.4 is 5.32 Å². The van der Waals surface area contributed by atoms with Crippen molar-refractivity contribution >= 4 is 0 Å². The van der Waals surface area contributed by atoms with Crippen molar-refractivity contribution in [3.63, 3.8) is 0 Å². The highest BCUT2D eigenvalue weighted by molar-refractivity contribution is 5.21. The number of rotatable bonds is 5. The van der Waals surface area contributed by atoms with Gasteiger partial charge in [-0.25, -0.2) is 8.78 Å². The molecule has 0 radical (unpaired) electrons. The van der Waals surface area contributed by atoms with Gasteiger partial charge in [-0.15, -0.1) is 0 Å². The Labute approximate surface area is 125 Å². The summed E-state index contributed by atoms with van der Waals surface area (Å²) < 4.78 is 26.6. The third-order valence-corrected chi connectivity index (χ3v) is 4.78. The second-order valence-corrected chi connectivity index (χ2v) is 6.42. The van der Waals surface area contributed by atoms with E-state index in [9.17, 15) is 8.78 Å². The number of nitrogens with one attached hydrogen (secondary N) is 1. The maximum atomic E-state index is 13.5. The van der Waals surface area contributed by atoms with Crippen LogP contribution in [0.1, 0.15) is 50.6 Å². The van der Waals surface area contributed by atoms with Gasteiger partial charge in [-0.05, 0) is 56.8 Å². The minimum Gasteiger partial charge on any atom is -0.313 e. The number of nitrogens with zero attached hydrogens (tertiary/aromatic N) is 1. The van der Waals surface area contributed by atoms with Crippen LogP contribution in [0.15, 0.2) is 18.2 Å². The van der Waals surface area contributed by atoms with Crippen LogP contribution in [0.3, 0.4) is 0 Å². The third kappa shape index (κ3) is 3.61. The molecule has 1 saturated heterocycles. The van der Waals surface area contributed by atoms with Gasteiger partial charge in [-0.2, -0.15) is 0 Å². The summed E-state index contributed by atoms with van der Waals surface area (Å²) in [5, 5.41) is 3.58. The summed E-state index contributed by atoms with van der Waals surface area (Å²) in [6, 6.07) is 5.59. The minimum absolute atomic E-state index is 0.135. The molecule has 4 heteroatoms. The van der Waals surface area contributed by atoms with Gasteiger partial charge in [0.1, 0.15) is 0 Å². The Morgan fingerprint density at radius 1 is 1.19 bits per heavy atom. The van der Waals surface area contributed by atoms with Gasteiger partial charge in [-0.3, -0.25) is 4.90 Å². The van der Waals surface area contributed by atoms with E-state index in [1.54, 1.807) is 6.07 Å². The molecule has 21 heavy (non-hydrogen) atoms. The molecule has 0 spiro atoms. The fraction of sp³-hybridized carbons (Fsp3) is 0.647. The van der Waals surface area contributed by atoms with E-state index in [2.05, 4.69) is 17.1 Å². The van der Waals surface area contributed by atoms with Crippen molar-refractivity contribution in [3.05, 3.63) is 35.4 Å². The molecular weight excluding hydrogens is 270 g/mol. The van der Waals surface area contributed by atoms with Crippen LogP contribution >= 0.6 is 0 Å². The lowest BCUT2D eigenvalue weighted by Gasteiger charge is -2.35. The Morgan fingerprint density at radius 3 is 2.62 bits per heavy atom. The number of piperidine rings is 1. The third-order valence-electron chi connectivity index (χ3n) is 4.78. The van der Waals surface area contributed by atoms with Crippen molar-refractivity contribution in [2.24, 2.45) is 0 Å². The van der Waals surface area contributed by atoms with Crippen molar-refractivity contribution in [2.75, 3.05) is 13.1 Å². The zero-order chi connectivity index (χ0) is 14.8. The maximum absolute atomic E-state index is 13.5. The molecule has 0 bridgehead atoms. The molecule has 0 aromatic heterocycles. The average molecular weight is 294 g/mol. The van der Waals surface area contributed by atoms with Gasteiger partial charge in [0.2, 0.25) is 0 Å². The molecule has 2 nitrogen and oxygen atoms in total. The van der Waals surface area contributed by atoms with Crippen LogP contribution in [0.4, 0.5) is 8.78 Å². The minimum atomic E-state index is -0.766. The topological polar surface area (TPSA) is 15.3 Å². The molecule has 1 aliphatic carbocycles. The molecule has 116 valence electrons. The summed E-state index contributed by atoms with van der Waals surface area (Å²) in [7, 11) is 0. The number of hydrogen-bond donors (Lipinski definition) is 1. The quantitative estimate of drug-likeness (QED) is 0.892. The van der Waals surface area contributed by atoms with Gasteiger partial charge in [0.15, 0.2) is 11.6 Å². The molecule has 1 aromatic carbocycles. The summed E-state index contributed by atoms with van der Waals surface area (Å²) in [6.45, 7) is 4.21. The molecule has 1 aliphatic heterocycles. The first-order chi connectivity index (χ1) is 10.1. The Bertz CT molecular complexity index is 482. The summed E-state index contributed by atoms with van der Waals surface area (Å²) >= 11 is 0. The molecular formula is C17H24F2N2. The Kier molecular flexibility index (Phi) is 4.55. The number of benzene rings is 1. The predicted molar refractivity (Wildman–Crippen MR) is 80.1 cm³/mol. The van der Waals surface area contributed by atoms with Gasteiger partial charge >= 0.3 is 0 Å². The van der Waals surface area contributed by atoms with E-state index < -0.39 is 11.6 Å². The predicted octanol–water partition coefficient (Wildman–Crippen LogP) is 3.63. The zero-order valence-corrected chi connectivity index (χ0v) is 12.6. The van der Waals surface area contributed by atoms with Crippen LogP contribution in [0.5, 0.6) is 0 Å². The summed E-state index contributed by atoms with van der Waals surface area (Å²) in [6.07, 6.45) is 6.21. The monoisotopic (exact) mass is 294 g/mol. The molecule has 1 N–H and O–H groups in total. The fourth-order valence-electron chi connectivity index (χ4n) is 3.33. The molecule has 1 saturated carbocycles. The van der Waals surface area contributed by atoms with Crippen LogP contribution in [0.25, 0.3) is 0 Å². The van der Waals surface area contributed by atoms with E-state index in [-0.39, 0.29) is 6.04 Å². The second kappa shape index (κ2) is 6.41. The largest absolute Gasteiger partial charge is 0.313 e. The van der Waals surface area contributed by atoms with Gasteiger partial charge in [0.25, 0.3) is 0 Å². The molecule has 3 rings (SSSR count). The average Bonchev–Trinajstić information content (AvgIpc) is 3.33. The zero-order valence-electron chi connectivity index (χ0n) is 12.6. The lowest BCUT2D eigenvalue weighted by Crippen LogP contribution is -2.45. The first-order valence-electron chi connectivity index (χ1n) is 8.09. The van der Waals surface area contributed by atoms with Crippen molar-refractivity contribution < 1.29 is 8.78 Å². The van der Waals surface area contributed by atoms with Gasteiger partial charge < -0.3 is 5.32 Å². The Hall–Kier alpha value is -1.00. The van der Waals surface area contributed by atoms with Crippen LogP contribution in [0, 0.1) is 11.6 Å². The SMILES string of the molecule is CC(c1ccc(F)c(F)c1)N(CC1CCCCN1)C1CC1. The lowest BCUT2D eigenvalue weighted by molar-refractivity contribution is 0.166. The normalized spacial score (nSPS) is 24.3. The Balaban J connectivity index is 1.71. The molecule has 1 heterocycles. The van der Waals surface area contributed by atoms with Crippen LogP contribution in [0.2, 0.25) is 0 Å². The standard InChI is InChI=1S/C17H24F2N2/c1-12(13-5-8-16(18)17(19)10-13)21(15-6-7-15)11-14-4-2-3-9-20-14/h5,8,10,12,14-15,20H,2-4,6-7,9,11H2,1H3. The summed E-state index contributed by atoms with van der Waals surface area (Å²) in [5.41, 5.74) is 0.872. The summed E-state index contributed by atoms with van der Waals surface area (Å²) in [5.74, 6) is -1.51. The van der Waals surface area contributed by atoms with Crippen molar-refractivity contribution in [1.29, 1.82) is 0 Å². The first kappa shape index (κ1) is 14.9. The van der Waals surface area contributed by atoms with E-state index in [1.165, 1.54) is 44.2 Å². The highest BCUT2D eigenvalue weighted by Gasteiger charge is 2.34. The number of halogens is 2. The van der Waals surface area contributed by atoms with E-state index in [1.807, 2.05) is 0 Å². The van der Waals surface area contributed by atoms with Crippen molar-refractivity contribution in [3.8, 4) is 0 Å². The van der Waals surface area contributed by atoms with Crippen molar-refractivity contribution in [1.82, 2.24) is 10.2 Å². The second-order valence-electron chi connectivity index (χ2n) is 6.42. The molecule has 1 aromatic rings.